The van der Waals surface area contributed by atoms with Crippen LogP contribution in [-0.4, -0.2) is 48.9 Å². The van der Waals surface area contributed by atoms with E-state index in [1.807, 2.05) is 35.4 Å². The second-order valence-corrected chi connectivity index (χ2v) is 11.4. The molecule has 192 valence electrons. The van der Waals surface area contributed by atoms with Crippen LogP contribution in [0.1, 0.15) is 72.5 Å². The highest BCUT2D eigenvalue weighted by Crippen LogP contribution is 2.39. The predicted octanol–water partition coefficient (Wildman–Crippen LogP) is 4.31. The summed E-state index contributed by atoms with van der Waals surface area (Å²) >= 11 is 0. The Balaban J connectivity index is 1.09. The first-order valence-electron chi connectivity index (χ1n) is 13.3. The van der Waals surface area contributed by atoms with E-state index in [0.29, 0.717) is 30.6 Å². The minimum absolute atomic E-state index is 0.0571. The van der Waals surface area contributed by atoms with Gasteiger partial charge in [-0.2, -0.15) is 5.10 Å². The van der Waals surface area contributed by atoms with Crippen molar-refractivity contribution in [3.05, 3.63) is 76.6 Å². The highest BCUT2D eigenvalue weighted by Gasteiger charge is 2.36. The van der Waals surface area contributed by atoms with Gasteiger partial charge >= 0.3 is 0 Å². The van der Waals surface area contributed by atoms with E-state index >= 15 is 0 Å². The first-order valence-corrected chi connectivity index (χ1v) is 13.3. The number of rotatable bonds is 4. The Morgan fingerprint density at radius 3 is 2.81 bits per heavy atom. The number of anilines is 1. The molecule has 1 aliphatic carbocycles. The molecular weight excluding hydrogens is 464 g/mol. The van der Waals surface area contributed by atoms with Crippen LogP contribution in [0.5, 0.6) is 0 Å². The molecule has 1 aromatic carbocycles. The summed E-state index contributed by atoms with van der Waals surface area (Å²) in [6, 6.07) is 9.99. The molecule has 8 heteroatoms. The molecule has 0 saturated heterocycles. The quantitative estimate of drug-likeness (QED) is 0.495. The largest absolute Gasteiger partial charge is 0.370 e. The van der Waals surface area contributed by atoms with Gasteiger partial charge in [0, 0.05) is 41.1 Å². The van der Waals surface area contributed by atoms with Gasteiger partial charge in [0.1, 0.15) is 18.2 Å². The van der Waals surface area contributed by atoms with E-state index in [9.17, 15) is 9.90 Å². The number of amides is 1. The van der Waals surface area contributed by atoms with Crippen LogP contribution in [0.4, 0.5) is 5.69 Å². The minimum Gasteiger partial charge on any atom is -0.370 e. The van der Waals surface area contributed by atoms with Crippen LogP contribution in [0.15, 0.2) is 48.4 Å². The molecule has 37 heavy (non-hydrogen) atoms. The molecule has 1 atom stereocenters. The van der Waals surface area contributed by atoms with Crippen LogP contribution in [0.25, 0.3) is 6.08 Å². The van der Waals surface area contributed by atoms with Crippen molar-refractivity contribution in [2.24, 2.45) is 11.8 Å². The number of hydrogen-bond acceptors (Lipinski definition) is 6. The lowest BCUT2D eigenvalue weighted by Crippen LogP contribution is -2.45. The number of aromatic nitrogens is 4. The van der Waals surface area contributed by atoms with Crippen molar-refractivity contribution in [2.45, 2.75) is 64.1 Å². The molecule has 2 aliphatic heterocycles. The molecule has 0 spiro atoms. The average Bonchev–Trinajstić information content (AvgIpc) is 3.38. The number of benzene rings is 1. The van der Waals surface area contributed by atoms with Crippen LogP contribution in [0.2, 0.25) is 0 Å². The maximum absolute atomic E-state index is 13.4. The van der Waals surface area contributed by atoms with Gasteiger partial charge in [-0.25, -0.2) is 9.97 Å². The summed E-state index contributed by atoms with van der Waals surface area (Å²) < 4.78 is 0. The number of aliphatic hydroxyl groups is 1. The zero-order valence-corrected chi connectivity index (χ0v) is 21.4. The van der Waals surface area contributed by atoms with Gasteiger partial charge in [0.25, 0.3) is 5.91 Å². The summed E-state index contributed by atoms with van der Waals surface area (Å²) in [5, 5.41) is 21.2. The number of fused-ring (bicyclic) bond motifs is 2. The summed E-state index contributed by atoms with van der Waals surface area (Å²) in [6.07, 6.45) is 9.97. The fourth-order valence-corrected chi connectivity index (χ4v) is 6.35. The molecule has 3 N–H and O–H groups in total. The highest BCUT2D eigenvalue weighted by molar-refractivity contribution is 5.92. The number of aromatic amines is 1. The average molecular weight is 499 g/mol. The maximum Gasteiger partial charge on any atom is 0.272 e. The minimum atomic E-state index is -0.621. The summed E-state index contributed by atoms with van der Waals surface area (Å²) in [5.41, 5.74) is 6.59. The Morgan fingerprint density at radius 1 is 1.16 bits per heavy atom. The molecule has 2 aromatic heterocycles. The number of nitrogens with zero attached hydrogens (tertiary/aromatic N) is 4. The fourth-order valence-electron chi connectivity index (χ4n) is 6.35. The maximum atomic E-state index is 13.4. The summed E-state index contributed by atoms with van der Waals surface area (Å²) in [5.74, 6) is 0.835. The molecule has 3 aliphatic rings. The van der Waals surface area contributed by atoms with Gasteiger partial charge in [-0.05, 0) is 73.3 Å². The Labute approximate surface area is 217 Å². The molecule has 0 bridgehead atoms. The Morgan fingerprint density at radius 2 is 1.97 bits per heavy atom. The third-order valence-electron chi connectivity index (χ3n) is 8.28. The van der Waals surface area contributed by atoms with Crippen molar-refractivity contribution in [1.29, 1.82) is 0 Å². The van der Waals surface area contributed by atoms with Crippen LogP contribution in [-0.2, 0) is 18.4 Å². The molecule has 1 saturated carbocycles. The van der Waals surface area contributed by atoms with E-state index in [4.69, 9.17) is 0 Å². The number of carbonyl (C=O) groups is 1. The Bertz CT molecular complexity index is 1340. The zero-order chi connectivity index (χ0) is 25.6. The van der Waals surface area contributed by atoms with Crippen molar-refractivity contribution in [2.75, 3.05) is 11.9 Å². The van der Waals surface area contributed by atoms with Gasteiger partial charge in [-0.1, -0.05) is 32.0 Å². The summed E-state index contributed by atoms with van der Waals surface area (Å²) in [6.45, 7) is 5.41. The fraction of sp³-hybridized carbons (Fsp3) is 0.448. The summed E-state index contributed by atoms with van der Waals surface area (Å²) in [4.78, 5) is 24.1. The third-order valence-corrected chi connectivity index (χ3v) is 8.28. The van der Waals surface area contributed by atoms with E-state index in [-0.39, 0.29) is 11.3 Å². The number of para-hydroxylation sites is 1. The molecule has 3 aromatic rings. The lowest BCUT2D eigenvalue weighted by molar-refractivity contribution is 0.0678. The first-order chi connectivity index (χ1) is 17.9. The normalized spacial score (nSPS) is 24.5. The Hall–Kier alpha value is -3.52. The van der Waals surface area contributed by atoms with Crippen molar-refractivity contribution in [3.63, 3.8) is 0 Å². The number of hydrogen-bond donors (Lipinski definition) is 3. The molecule has 6 rings (SSSR count). The van der Waals surface area contributed by atoms with Crippen LogP contribution >= 0.6 is 0 Å². The molecule has 8 nitrogen and oxygen atoms in total. The van der Waals surface area contributed by atoms with Crippen molar-refractivity contribution >= 4 is 17.7 Å². The summed E-state index contributed by atoms with van der Waals surface area (Å²) in [7, 11) is 0. The van der Waals surface area contributed by atoms with E-state index in [1.165, 1.54) is 6.33 Å². The van der Waals surface area contributed by atoms with Gasteiger partial charge < -0.3 is 15.3 Å². The predicted molar refractivity (Wildman–Crippen MR) is 142 cm³/mol. The molecule has 1 unspecified atom stereocenters. The van der Waals surface area contributed by atoms with E-state index < -0.39 is 6.23 Å². The number of nitrogens with one attached hydrogen (secondary N) is 2. The van der Waals surface area contributed by atoms with E-state index in [2.05, 4.69) is 51.5 Å². The second kappa shape index (κ2) is 9.41. The van der Waals surface area contributed by atoms with Crippen LogP contribution in [0.3, 0.4) is 0 Å². The van der Waals surface area contributed by atoms with Gasteiger partial charge in [0.05, 0.1) is 6.20 Å². The number of H-pyrrole nitrogens is 1. The monoisotopic (exact) mass is 498 g/mol. The molecular formula is C29H34N6O2. The van der Waals surface area contributed by atoms with Gasteiger partial charge in [0.2, 0.25) is 0 Å². The topological polar surface area (TPSA) is 107 Å². The van der Waals surface area contributed by atoms with Crippen LogP contribution < -0.4 is 5.32 Å². The third kappa shape index (κ3) is 4.66. The first kappa shape index (κ1) is 23.9. The number of carbonyl (C=O) groups excluding carboxylic acids is 1. The van der Waals surface area contributed by atoms with E-state index in [0.717, 1.165) is 65.9 Å². The molecule has 1 amide bonds. The van der Waals surface area contributed by atoms with E-state index in [1.54, 1.807) is 0 Å². The molecule has 0 radical (unpaired) electrons. The van der Waals surface area contributed by atoms with Gasteiger partial charge in [0.15, 0.2) is 0 Å². The highest BCUT2D eigenvalue weighted by atomic mass is 16.3. The van der Waals surface area contributed by atoms with Crippen LogP contribution in [0, 0.1) is 11.8 Å². The van der Waals surface area contributed by atoms with Gasteiger partial charge in [-0.15, -0.1) is 0 Å². The van der Waals surface area contributed by atoms with Crippen molar-refractivity contribution in [1.82, 2.24) is 25.1 Å². The Kier molecular flexibility index (Phi) is 6.07. The zero-order valence-electron chi connectivity index (χ0n) is 21.4. The molecule has 4 heterocycles. The lowest BCUT2D eigenvalue weighted by Gasteiger charge is -2.37. The second-order valence-electron chi connectivity index (χ2n) is 11.4. The van der Waals surface area contributed by atoms with Crippen molar-refractivity contribution < 1.29 is 9.90 Å². The smallest absolute Gasteiger partial charge is 0.272 e. The standard InChI is InChI=1S/C29H34N6O2/c1-29(2)16-35(15-21-14-32-34-26(21)29)28(37)25-13-22(30-17-31-25)11-18-7-9-19(10-8-18)23-12-20-5-3-4-6-24(20)33-27(23)36/h3-6,12-14,17-19,27,33,36H,7-11,15-16H2,1-2H3,(H,32,34). The molecule has 1 fully saturated rings. The van der Waals surface area contributed by atoms with Gasteiger partial charge in [-0.3, -0.25) is 9.89 Å². The lowest BCUT2D eigenvalue weighted by atomic mass is 9.75. The SMILES string of the molecule is CC1(C)CN(C(=O)c2cc(CC3CCC(C4=Cc5ccccc5NC4O)CC3)ncn2)Cc2cn[nH]c21. The van der Waals surface area contributed by atoms with Crippen molar-refractivity contribution in [3.8, 4) is 0 Å². The number of aliphatic hydroxyl groups excluding tert-OH is 1.